The maximum atomic E-state index is 13.2. The Kier molecular flexibility index (Phi) is 3.24. The van der Waals surface area contributed by atoms with E-state index in [1.165, 1.54) is 0 Å². The monoisotopic (exact) mass is 215 g/mol. The van der Waals surface area contributed by atoms with E-state index in [0.717, 1.165) is 12.1 Å². The summed E-state index contributed by atoms with van der Waals surface area (Å²) in [5, 5.41) is 11.3. The number of hydrogen-bond acceptors (Lipinski definition) is 2. The second kappa shape index (κ2) is 4.25. The third kappa shape index (κ3) is 2.43. The van der Waals surface area contributed by atoms with Crippen LogP contribution in [0.2, 0.25) is 0 Å². The predicted molar refractivity (Wildman–Crippen MR) is 50.6 cm³/mol. The van der Waals surface area contributed by atoms with Crippen molar-refractivity contribution in [2.24, 2.45) is 0 Å². The molecule has 0 unspecified atom stereocenters. The molecule has 0 radical (unpaired) electrons. The van der Waals surface area contributed by atoms with Gasteiger partial charge in [0.05, 0.1) is 0 Å². The maximum absolute atomic E-state index is 13.2. The standard InChI is InChI=1S/C10H11F2NO2/c1-5(2)13-10(15)8-6(11)3-4-7(14)9(8)12/h3-5,14H,1-2H3,(H,13,15). The third-order valence-electron chi connectivity index (χ3n) is 1.72. The number of amides is 1. The van der Waals surface area contributed by atoms with Crippen LogP contribution in [-0.4, -0.2) is 17.1 Å². The minimum absolute atomic E-state index is 0.237. The third-order valence-corrected chi connectivity index (χ3v) is 1.72. The molecule has 82 valence electrons. The fraction of sp³-hybridized carbons (Fsp3) is 0.300. The Morgan fingerprint density at radius 1 is 1.40 bits per heavy atom. The summed E-state index contributed by atoms with van der Waals surface area (Å²) in [5.74, 6) is -3.86. The van der Waals surface area contributed by atoms with Crippen molar-refractivity contribution < 1.29 is 18.7 Å². The van der Waals surface area contributed by atoms with Crippen LogP contribution in [0, 0.1) is 11.6 Å². The van der Waals surface area contributed by atoms with Crippen molar-refractivity contribution in [2.75, 3.05) is 0 Å². The molecule has 1 aromatic carbocycles. The van der Waals surface area contributed by atoms with Crippen LogP contribution in [0.25, 0.3) is 0 Å². The fourth-order valence-electron chi connectivity index (χ4n) is 1.08. The minimum Gasteiger partial charge on any atom is -0.505 e. The number of rotatable bonds is 2. The van der Waals surface area contributed by atoms with E-state index < -0.39 is 28.9 Å². The number of carbonyl (C=O) groups excluding carboxylic acids is 1. The highest BCUT2D eigenvalue weighted by Crippen LogP contribution is 2.21. The van der Waals surface area contributed by atoms with Gasteiger partial charge in [0.15, 0.2) is 11.6 Å². The lowest BCUT2D eigenvalue weighted by Crippen LogP contribution is -2.31. The molecular weight excluding hydrogens is 204 g/mol. The zero-order chi connectivity index (χ0) is 11.6. The van der Waals surface area contributed by atoms with E-state index in [0.29, 0.717) is 0 Å². The van der Waals surface area contributed by atoms with E-state index >= 15 is 0 Å². The normalized spacial score (nSPS) is 10.5. The quantitative estimate of drug-likeness (QED) is 0.790. The highest BCUT2D eigenvalue weighted by molar-refractivity contribution is 5.95. The maximum Gasteiger partial charge on any atom is 0.257 e. The van der Waals surface area contributed by atoms with Crippen LogP contribution in [-0.2, 0) is 0 Å². The molecule has 0 spiro atoms. The summed E-state index contributed by atoms with van der Waals surface area (Å²) in [5.41, 5.74) is -0.760. The van der Waals surface area contributed by atoms with Gasteiger partial charge >= 0.3 is 0 Å². The SMILES string of the molecule is CC(C)NC(=O)c1c(F)ccc(O)c1F. The number of nitrogens with one attached hydrogen (secondary N) is 1. The molecule has 0 atom stereocenters. The van der Waals surface area contributed by atoms with Crippen LogP contribution < -0.4 is 5.32 Å². The topological polar surface area (TPSA) is 49.3 Å². The molecule has 2 N–H and O–H groups in total. The first kappa shape index (κ1) is 11.4. The lowest BCUT2D eigenvalue weighted by Gasteiger charge is -2.10. The van der Waals surface area contributed by atoms with Gasteiger partial charge in [0.2, 0.25) is 0 Å². The molecule has 1 rings (SSSR count). The number of phenolic OH excluding ortho intramolecular Hbond substituents is 1. The van der Waals surface area contributed by atoms with Gasteiger partial charge in [0.1, 0.15) is 11.4 Å². The molecule has 0 saturated heterocycles. The van der Waals surface area contributed by atoms with Gasteiger partial charge in [-0.25, -0.2) is 8.78 Å². The molecule has 0 fully saturated rings. The summed E-state index contributed by atoms with van der Waals surface area (Å²) >= 11 is 0. The van der Waals surface area contributed by atoms with Gasteiger partial charge < -0.3 is 10.4 Å². The summed E-state index contributed by atoms with van der Waals surface area (Å²) in [4.78, 5) is 11.3. The Bertz CT molecular complexity index is 391. The van der Waals surface area contributed by atoms with Crippen LogP contribution in [0.1, 0.15) is 24.2 Å². The smallest absolute Gasteiger partial charge is 0.257 e. The highest BCUT2D eigenvalue weighted by atomic mass is 19.1. The van der Waals surface area contributed by atoms with Crippen LogP contribution in [0.5, 0.6) is 5.75 Å². The molecule has 15 heavy (non-hydrogen) atoms. The average Bonchev–Trinajstić information content (AvgIpc) is 2.11. The zero-order valence-electron chi connectivity index (χ0n) is 8.34. The second-order valence-corrected chi connectivity index (χ2v) is 3.38. The van der Waals surface area contributed by atoms with Crippen molar-refractivity contribution in [1.82, 2.24) is 5.32 Å². The molecule has 0 aliphatic rings. The summed E-state index contributed by atoms with van der Waals surface area (Å²) in [6.45, 7) is 3.33. The van der Waals surface area contributed by atoms with Crippen LogP contribution in [0.15, 0.2) is 12.1 Å². The molecule has 0 aromatic heterocycles. The molecule has 5 heteroatoms. The number of carbonyl (C=O) groups is 1. The second-order valence-electron chi connectivity index (χ2n) is 3.38. The van der Waals surface area contributed by atoms with Crippen molar-refractivity contribution in [3.05, 3.63) is 29.3 Å². The largest absolute Gasteiger partial charge is 0.505 e. The highest BCUT2D eigenvalue weighted by Gasteiger charge is 2.20. The van der Waals surface area contributed by atoms with Crippen LogP contribution >= 0.6 is 0 Å². The Balaban J connectivity index is 3.13. The number of benzene rings is 1. The molecule has 0 saturated carbocycles. The Morgan fingerprint density at radius 2 is 2.00 bits per heavy atom. The van der Waals surface area contributed by atoms with Gasteiger partial charge in [-0.1, -0.05) is 0 Å². The van der Waals surface area contributed by atoms with E-state index in [4.69, 9.17) is 5.11 Å². The molecule has 3 nitrogen and oxygen atoms in total. The van der Waals surface area contributed by atoms with Crippen molar-refractivity contribution >= 4 is 5.91 Å². The molecule has 0 heterocycles. The summed E-state index contributed by atoms with van der Waals surface area (Å²) in [7, 11) is 0. The molecule has 0 aliphatic heterocycles. The van der Waals surface area contributed by atoms with E-state index in [1.807, 2.05) is 0 Å². The van der Waals surface area contributed by atoms with Gasteiger partial charge in [0.25, 0.3) is 5.91 Å². The van der Waals surface area contributed by atoms with Gasteiger partial charge in [-0.05, 0) is 26.0 Å². The number of phenols is 1. The van der Waals surface area contributed by atoms with Crippen LogP contribution in [0.3, 0.4) is 0 Å². The Morgan fingerprint density at radius 3 is 2.53 bits per heavy atom. The zero-order valence-corrected chi connectivity index (χ0v) is 8.34. The first-order valence-corrected chi connectivity index (χ1v) is 4.41. The molecule has 1 aromatic rings. The molecule has 1 amide bonds. The Labute approximate surface area is 85.7 Å². The first-order valence-electron chi connectivity index (χ1n) is 4.41. The van der Waals surface area contributed by atoms with Gasteiger partial charge in [-0.3, -0.25) is 4.79 Å². The van der Waals surface area contributed by atoms with Gasteiger partial charge in [-0.2, -0.15) is 0 Å². The van der Waals surface area contributed by atoms with E-state index in [2.05, 4.69) is 5.32 Å². The Hall–Kier alpha value is -1.65. The average molecular weight is 215 g/mol. The van der Waals surface area contributed by atoms with Crippen LogP contribution in [0.4, 0.5) is 8.78 Å². The van der Waals surface area contributed by atoms with Crippen molar-refractivity contribution in [3.8, 4) is 5.75 Å². The lowest BCUT2D eigenvalue weighted by molar-refractivity contribution is 0.0933. The van der Waals surface area contributed by atoms with Crippen molar-refractivity contribution in [1.29, 1.82) is 0 Å². The minimum atomic E-state index is -1.24. The molecular formula is C10H11F2NO2. The fourth-order valence-corrected chi connectivity index (χ4v) is 1.08. The van der Waals surface area contributed by atoms with E-state index in [9.17, 15) is 13.6 Å². The summed E-state index contributed by atoms with van der Waals surface area (Å²) < 4.78 is 26.3. The number of aromatic hydroxyl groups is 1. The van der Waals surface area contributed by atoms with Gasteiger partial charge in [0, 0.05) is 6.04 Å². The summed E-state index contributed by atoms with van der Waals surface area (Å²) in [6.07, 6.45) is 0. The van der Waals surface area contributed by atoms with E-state index in [1.54, 1.807) is 13.8 Å². The first-order chi connectivity index (χ1) is 6.93. The molecule has 0 aliphatic carbocycles. The predicted octanol–water partition coefficient (Wildman–Crippen LogP) is 1.81. The lowest BCUT2D eigenvalue weighted by atomic mass is 10.1. The number of halogens is 2. The molecule has 0 bridgehead atoms. The van der Waals surface area contributed by atoms with Crippen molar-refractivity contribution in [2.45, 2.75) is 19.9 Å². The van der Waals surface area contributed by atoms with Gasteiger partial charge in [-0.15, -0.1) is 0 Å². The van der Waals surface area contributed by atoms with Crippen molar-refractivity contribution in [3.63, 3.8) is 0 Å². The summed E-state index contributed by atoms with van der Waals surface area (Å²) in [6, 6.07) is 1.46. The van der Waals surface area contributed by atoms with E-state index in [-0.39, 0.29) is 6.04 Å². The number of hydrogen-bond donors (Lipinski definition) is 2.